The van der Waals surface area contributed by atoms with E-state index in [1.165, 1.54) is 4.88 Å². The first kappa shape index (κ1) is 21.0. The van der Waals surface area contributed by atoms with Gasteiger partial charge in [0, 0.05) is 28.5 Å². The molecule has 1 aromatic carbocycles. The van der Waals surface area contributed by atoms with Crippen LogP contribution in [0.4, 0.5) is 5.69 Å². The molecular weight excluding hydrogens is 398 g/mol. The third kappa shape index (κ3) is 3.45. The van der Waals surface area contributed by atoms with Crippen molar-refractivity contribution in [1.29, 1.82) is 0 Å². The molecule has 1 saturated heterocycles. The van der Waals surface area contributed by atoms with Crippen LogP contribution in [-0.2, 0) is 24.2 Å². The second kappa shape index (κ2) is 7.18. The molecule has 1 fully saturated rings. The first-order valence-corrected chi connectivity index (χ1v) is 11.1. The summed E-state index contributed by atoms with van der Waals surface area (Å²) in [5.74, 6) is 4.80. The molecule has 4 rings (SSSR count). The highest BCUT2D eigenvalue weighted by molar-refractivity contribution is 7.16. The van der Waals surface area contributed by atoms with Crippen molar-refractivity contribution in [2.45, 2.75) is 53.5 Å². The number of thiophene rings is 1. The van der Waals surface area contributed by atoms with Crippen molar-refractivity contribution in [2.75, 3.05) is 11.4 Å². The minimum Gasteiger partial charge on any atom is -0.478 e. The summed E-state index contributed by atoms with van der Waals surface area (Å²) in [7, 11) is 0. The van der Waals surface area contributed by atoms with Crippen LogP contribution in [0.3, 0.4) is 0 Å². The average molecular weight is 428 g/mol. The third-order valence-corrected chi connectivity index (χ3v) is 7.63. The number of aryl methyl sites for hydroxylation is 1. The summed E-state index contributed by atoms with van der Waals surface area (Å²) >= 11 is 1.58. The molecule has 160 valence electrons. The molecule has 2 heterocycles. The number of carbonyl (C=O) groups excluding carboxylic acids is 1. The second-order valence-corrected chi connectivity index (χ2v) is 11.0. The molecule has 0 unspecified atom stereocenters. The molecule has 4 N–H and O–H groups in total. The summed E-state index contributed by atoms with van der Waals surface area (Å²) in [5, 5.41) is 10.1. The van der Waals surface area contributed by atoms with Crippen molar-refractivity contribution < 1.29 is 14.7 Å². The summed E-state index contributed by atoms with van der Waals surface area (Å²) in [4.78, 5) is 28.6. The lowest BCUT2D eigenvalue weighted by Crippen LogP contribution is -2.58. The van der Waals surface area contributed by atoms with Gasteiger partial charge in [-0.1, -0.05) is 19.9 Å². The standard InChI is InChI=1S/C23H29N3O3S/c1-22(2)8-7-17-16(10-22)18(20(27)28)19(30-17)15-9-14(6-5-13(15)11-25-24)26-12-23(3,4)21(26)29/h5-6,9,25H,7-8,10-12,24H2,1-4H3,(H,27,28). The van der Waals surface area contributed by atoms with Crippen molar-refractivity contribution in [3.05, 3.63) is 39.8 Å². The lowest BCUT2D eigenvalue weighted by molar-refractivity contribution is -0.132. The monoisotopic (exact) mass is 427 g/mol. The Morgan fingerprint density at radius 1 is 1.30 bits per heavy atom. The summed E-state index contributed by atoms with van der Waals surface area (Å²) in [6.45, 7) is 9.35. The number of nitrogens with zero attached hydrogens (tertiary/aromatic N) is 1. The molecule has 0 saturated carbocycles. The number of hydrazine groups is 1. The van der Waals surface area contributed by atoms with E-state index >= 15 is 0 Å². The highest BCUT2D eigenvalue weighted by Gasteiger charge is 2.45. The zero-order valence-electron chi connectivity index (χ0n) is 18.0. The van der Waals surface area contributed by atoms with Gasteiger partial charge in [-0.15, -0.1) is 11.3 Å². The van der Waals surface area contributed by atoms with E-state index in [0.717, 1.165) is 46.5 Å². The maximum atomic E-state index is 12.6. The fourth-order valence-electron chi connectivity index (χ4n) is 4.56. The number of hydrogen-bond acceptors (Lipinski definition) is 5. The van der Waals surface area contributed by atoms with Crippen LogP contribution >= 0.6 is 11.3 Å². The van der Waals surface area contributed by atoms with E-state index in [0.29, 0.717) is 18.7 Å². The van der Waals surface area contributed by atoms with Crippen molar-refractivity contribution in [3.63, 3.8) is 0 Å². The number of hydrogen-bond donors (Lipinski definition) is 3. The molecule has 2 aliphatic rings. The Labute approximate surface area is 181 Å². The maximum Gasteiger partial charge on any atom is 0.337 e. The quantitative estimate of drug-likeness (QED) is 0.381. The normalized spacial score (nSPS) is 19.4. The number of aromatic carboxylic acids is 1. The van der Waals surface area contributed by atoms with Crippen LogP contribution in [0.25, 0.3) is 10.4 Å². The Morgan fingerprint density at radius 3 is 2.63 bits per heavy atom. The van der Waals surface area contributed by atoms with Crippen molar-refractivity contribution in [1.82, 2.24) is 5.43 Å². The summed E-state index contributed by atoms with van der Waals surface area (Å²) < 4.78 is 0. The van der Waals surface area contributed by atoms with E-state index in [1.807, 2.05) is 32.0 Å². The Bertz CT molecular complexity index is 1040. The van der Waals surface area contributed by atoms with E-state index in [-0.39, 0.29) is 16.7 Å². The second-order valence-electron chi connectivity index (χ2n) is 9.85. The number of fused-ring (bicyclic) bond motifs is 1. The van der Waals surface area contributed by atoms with Crippen LogP contribution in [-0.4, -0.2) is 23.5 Å². The molecule has 2 aromatic rings. The topological polar surface area (TPSA) is 95.7 Å². The number of nitrogens with two attached hydrogens (primary N) is 1. The van der Waals surface area contributed by atoms with E-state index < -0.39 is 5.97 Å². The first-order chi connectivity index (χ1) is 14.0. The van der Waals surface area contributed by atoms with Gasteiger partial charge in [0.15, 0.2) is 0 Å². The average Bonchev–Trinajstić information content (AvgIpc) is 3.04. The molecule has 30 heavy (non-hydrogen) atoms. The molecule has 1 aliphatic heterocycles. The van der Waals surface area contributed by atoms with Crippen LogP contribution < -0.4 is 16.2 Å². The molecule has 0 atom stereocenters. The van der Waals surface area contributed by atoms with Crippen LogP contribution in [0.15, 0.2) is 18.2 Å². The number of rotatable bonds is 5. The number of carboxylic acid groups (broad SMARTS) is 1. The molecule has 7 heteroatoms. The predicted molar refractivity (Wildman–Crippen MR) is 120 cm³/mol. The predicted octanol–water partition coefficient (Wildman–Crippen LogP) is 3.96. The molecule has 1 aromatic heterocycles. The zero-order valence-corrected chi connectivity index (χ0v) is 18.8. The summed E-state index contributed by atoms with van der Waals surface area (Å²) in [6.07, 6.45) is 2.72. The molecule has 0 bridgehead atoms. The SMILES string of the molecule is CC1(C)CCc2sc(-c3cc(N4CC(C)(C)C4=O)ccc3CNN)c(C(=O)O)c2C1. The van der Waals surface area contributed by atoms with Gasteiger partial charge < -0.3 is 10.0 Å². The number of carboxylic acids is 1. The van der Waals surface area contributed by atoms with Gasteiger partial charge in [-0.05, 0) is 67.3 Å². The maximum absolute atomic E-state index is 12.6. The van der Waals surface area contributed by atoms with Crippen molar-refractivity contribution >= 4 is 28.9 Å². The van der Waals surface area contributed by atoms with Gasteiger partial charge >= 0.3 is 5.97 Å². The van der Waals surface area contributed by atoms with Crippen LogP contribution in [0.2, 0.25) is 0 Å². The Balaban J connectivity index is 1.85. The van der Waals surface area contributed by atoms with E-state index in [2.05, 4.69) is 19.3 Å². The zero-order chi connectivity index (χ0) is 21.8. The number of anilines is 1. The molecule has 1 aliphatic carbocycles. The number of amides is 1. The first-order valence-electron chi connectivity index (χ1n) is 10.3. The van der Waals surface area contributed by atoms with Gasteiger partial charge in [0.2, 0.25) is 5.91 Å². The Hall–Kier alpha value is -2.22. The highest BCUT2D eigenvalue weighted by Crippen LogP contribution is 2.47. The molecule has 6 nitrogen and oxygen atoms in total. The number of nitrogens with one attached hydrogen (secondary N) is 1. The number of carbonyl (C=O) groups is 2. The van der Waals surface area contributed by atoms with Gasteiger partial charge in [-0.2, -0.15) is 0 Å². The molecule has 1 amide bonds. The van der Waals surface area contributed by atoms with E-state index in [1.54, 1.807) is 16.2 Å². The Morgan fingerprint density at radius 2 is 2.03 bits per heavy atom. The lowest BCUT2D eigenvalue weighted by atomic mass is 9.76. The molecular formula is C23H29N3O3S. The minimum absolute atomic E-state index is 0.0869. The summed E-state index contributed by atoms with van der Waals surface area (Å²) in [6, 6.07) is 5.81. The Kier molecular flexibility index (Phi) is 5.03. The van der Waals surface area contributed by atoms with E-state index in [4.69, 9.17) is 5.84 Å². The fourth-order valence-corrected chi connectivity index (χ4v) is 5.92. The van der Waals surface area contributed by atoms with Gasteiger partial charge in [-0.3, -0.25) is 16.1 Å². The fraction of sp³-hybridized carbons (Fsp3) is 0.478. The van der Waals surface area contributed by atoms with Gasteiger partial charge in [0.1, 0.15) is 0 Å². The van der Waals surface area contributed by atoms with Crippen LogP contribution in [0.1, 0.15) is 60.5 Å². The van der Waals surface area contributed by atoms with Crippen molar-refractivity contribution in [2.24, 2.45) is 16.7 Å². The highest BCUT2D eigenvalue weighted by atomic mass is 32.1. The van der Waals surface area contributed by atoms with Gasteiger partial charge in [-0.25, -0.2) is 4.79 Å². The summed E-state index contributed by atoms with van der Waals surface area (Å²) in [5.41, 5.74) is 6.39. The molecule has 0 spiro atoms. The smallest absolute Gasteiger partial charge is 0.337 e. The number of β-lactam (4-membered cyclic amide) rings is 1. The van der Waals surface area contributed by atoms with Crippen LogP contribution in [0.5, 0.6) is 0 Å². The van der Waals surface area contributed by atoms with Crippen LogP contribution in [0, 0.1) is 10.8 Å². The largest absolute Gasteiger partial charge is 0.478 e. The van der Waals surface area contributed by atoms with Gasteiger partial charge in [0.05, 0.1) is 11.0 Å². The third-order valence-electron chi connectivity index (χ3n) is 6.31. The van der Waals surface area contributed by atoms with Gasteiger partial charge in [0.25, 0.3) is 0 Å². The molecule has 0 radical (unpaired) electrons. The lowest BCUT2D eigenvalue weighted by Gasteiger charge is -2.44. The van der Waals surface area contributed by atoms with Crippen molar-refractivity contribution in [3.8, 4) is 10.4 Å². The van der Waals surface area contributed by atoms with E-state index in [9.17, 15) is 14.7 Å². The number of benzene rings is 1. The minimum atomic E-state index is -0.890.